The highest BCUT2D eigenvalue weighted by Gasteiger charge is 2.27. The maximum absolute atomic E-state index is 11.3. The number of sulfonamides is 4. The van der Waals surface area contributed by atoms with Crippen molar-refractivity contribution in [2.24, 2.45) is 0 Å². The van der Waals surface area contributed by atoms with Gasteiger partial charge in [0.1, 0.15) is 0 Å². The summed E-state index contributed by atoms with van der Waals surface area (Å²) in [5.74, 6) is 0. The molecule has 0 unspecified atom stereocenters. The van der Waals surface area contributed by atoms with Crippen LogP contribution in [0.1, 0.15) is 0 Å². The van der Waals surface area contributed by atoms with Gasteiger partial charge in [-0.3, -0.25) is 0 Å². The lowest BCUT2D eigenvalue weighted by Gasteiger charge is -2.16. The summed E-state index contributed by atoms with van der Waals surface area (Å²) in [6.07, 6.45) is 4.88. The minimum Gasteiger partial charge on any atom is -0.212 e. The van der Waals surface area contributed by atoms with Crippen LogP contribution >= 0.6 is 0 Å². The third-order valence-electron chi connectivity index (χ3n) is 2.16. The molecule has 0 aliphatic rings. The highest BCUT2D eigenvalue weighted by atomic mass is 32.3. The summed E-state index contributed by atoms with van der Waals surface area (Å²) in [4.78, 5) is 0. The van der Waals surface area contributed by atoms with Gasteiger partial charge in [0, 0.05) is 13.1 Å². The van der Waals surface area contributed by atoms with E-state index in [4.69, 9.17) is 0 Å². The molecule has 0 amide bonds. The second kappa shape index (κ2) is 6.92. The summed E-state index contributed by atoms with van der Waals surface area (Å²) in [6, 6.07) is 0. The van der Waals surface area contributed by atoms with E-state index in [1.807, 2.05) is 0 Å². The Bertz CT molecular complexity index is 700. The van der Waals surface area contributed by atoms with Gasteiger partial charge < -0.3 is 0 Å². The smallest absolute Gasteiger partial charge is 0.212 e. The van der Waals surface area contributed by atoms with E-state index in [9.17, 15) is 33.7 Å². The fourth-order valence-electron chi connectivity index (χ4n) is 1.35. The number of hydrogen-bond acceptors (Lipinski definition) is 8. The average molecular weight is 399 g/mol. The van der Waals surface area contributed by atoms with Gasteiger partial charge in [-0.25, -0.2) is 33.7 Å². The van der Waals surface area contributed by atoms with Gasteiger partial charge >= 0.3 is 0 Å². The molecule has 0 aromatic rings. The van der Waals surface area contributed by atoms with Gasteiger partial charge in [-0.2, -0.15) is 0 Å². The molecule has 0 saturated heterocycles. The van der Waals surface area contributed by atoms with E-state index in [2.05, 4.69) is 0 Å². The van der Waals surface area contributed by atoms with E-state index >= 15 is 0 Å². The molecule has 132 valence electrons. The Morgan fingerprint density at radius 3 is 0.864 bits per heavy atom. The summed E-state index contributed by atoms with van der Waals surface area (Å²) in [5, 5.41) is 0. The molecule has 0 N–H and O–H groups in total. The molecule has 0 bridgehead atoms. The monoisotopic (exact) mass is 398 g/mol. The molecule has 0 aliphatic heterocycles. The zero-order valence-electron chi connectivity index (χ0n) is 12.4. The normalized spacial score (nSPS) is 15.0. The van der Waals surface area contributed by atoms with Crippen LogP contribution in [0, 0.1) is 0 Å². The molecule has 0 rings (SSSR count). The van der Waals surface area contributed by atoms with Crippen molar-refractivity contribution in [2.45, 2.75) is 0 Å². The molecule has 0 aromatic carbocycles. The quantitative estimate of drug-likeness (QED) is 0.427. The molecule has 0 saturated carbocycles. The van der Waals surface area contributed by atoms with E-state index in [0.29, 0.717) is 25.0 Å². The topological polar surface area (TPSA) is 143 Å². The van der Waals surface area contributed by atoms with Crippen molar-refractivity contribution >= 4 is 40.1 Å². The predicted molar refractivity (Wildman–Crippen MR) is 81.9 cm³/mol. The minimum absolute atomic E-state index is 0.196. The van der Waals surface area contributed by atoms with Crippen molar-refractivity contribution in [3.63, 3.8) is 0 Å². The van der Waals surface area contributed by atoms with E-state index in [-0.39, 0.29) is 7.42 Å². The fraction of sp³-hybridized carbons (Fsp3) is 0.750. The highest BCUT2D eigenvalue weighted by Crippen LogP contribution is 2.07. The van der Waals surface area contributed by atoms with Gasteiger partial charge in [-0.05, 0) is 0 Å². The van der Waals surface area contributed by atoms with Crippen molar-refractivity contribution in [1.29, 1.82) is 0 Å². The van der Waals surface area contributed by atoms with Crippen LogP contribution in [0.4, 0.5) is 0 Å². The third kappa shape index (κ3) is 7.15. The Kier molecular flexibility index (Phi) is 6.75. The van der Waals surface area contributed by atoms with Crippen LogP contribution in [0.15, 0.2) is 12.2 Å². The maximum atomic E-state index is 11.3. The lowest BCUT2D eigenvalue weighted by atomic mass is 10.5. The summed E-state index contributed by atoms with van der Waals surface area (Å²) >= 11 is 0. The zero-order valence-corrected chi connectivity index (χ0v) is 15.6. The summed E-state index contributed by atoms with van der Waals surface area (Å²) < 4.78 is 91.1. The molecule has 0 radical (unpaired) electrons. The molecule has 0 aromatic heterocycles. The predicted octanol–water partition coefficient (Wildman–Crippen LogP) is -2.01. The molecule has 0 spiro atoms. The molecule has 0 atom stereocenters. The van der Waals surface area contributed by atoms with E-state index in [1.54, 1.807) is 0 Å². The molecule has 0 fully saturated rings. The second-order valence-electron chi connectivity index (χ2n) is 4.43. The van der Waals surface area contributed by atoms with Gasteiger partial charge in [0.25, 0.3) is 0 Å². The van der Waals surface area contributed by atoms with Gasteiger partial charge in [0.2, 0.25) is 40.1 Å². The highest BCUT2D eigenvalue weighted by molar-refractivity contribution is 8.03. The van der Waals surface area contributed by atoms with E-state index < -0.39 is 53.2 Å². The second-order valence-corrected chi connectivity index (χ2v) is 12.5. The van der Waals surface area contributed by atoms with Crippen LogP contribution in [0.25, 0.3) is 0 Å². The molecular formula is C8H18N2O8S4. The Morgan fingerprint density at radius 1 is 0.545 bits per heavy atom. The molecular weight excluding hydrogens is 380 g/mol. The average Bonchev–Trinajstić information content (AvgIpc) is 2.14. The Balaban J connectivity index is 5.24. The van der Waals surface area contributed by atoms with Crippen molar-refractivity contribution in [3.05, 3.63) is 12.2 Å². The lowest BCUT2D eigenvalue weighted by Crippen LogP contribution is -2.36. The number of nitrogens with zero attached hydrogens (tertiary/aromatic N) is 2. The van der Waals surface area contributed by atoms with Gasteiger partial charge in [0.05, 0.1) is 25.0 Å². The lowest BCUT2D eigenvalue weighted by molar-refractivity contribution is 0.515. The largest absolute Gasteiger partial charge is 0.224 e. The van der Waals surface area contributed by atoms with Crippen molar-refractivity contribution in [3.8, 4) is 0 Å². The Labute approximate surface area is 131 Å². The molecule has 22 heavy (non-hydrogen) atoms. The molecule has 0 aliphatic carbocycles. The van der Waals surface area contributed by atoms with Gasteiger partial charge in [0.15, 0.2) is 0 Å². The van der Waals surface area contributed by atoms with Crippen molar-refractivity contribution < 1.29 is 33.7 Å². The summed E-state index contributed by atoms with van der Waals surface area (Å²) in [6.45, 7) is -1.14. The SMILES string of the molecule is CS(=O)(=O)N(CC=CCN(S(C)(=O)=O)S(C)(=O)=O)S(C)(=O)=O. The third-order valence-corrected chi connectivity index (χ3v) is 8.96. The minimum atomic E-state index is -4.04. The van der Waals surface area contributed by atoms with Crippen LogP contribution < -0.4 is 0 Å². The van der Waals surface area contributed by atoms with Crippen LogP contribution in [0.3, 0.4) is 0 Å². The van der Waals surface area contributed by atoms with Crippen LogP contribution in [0.2, 0.25) is 0 Å². The first kappa shape index (κ1) is 21.5. The standard InChI is InChI=1S/C8H18N2O8S4/c1-19(11,12)9(20(2,13)14)7-5-6-8-10(21(3,15)16)22(4,17)18/h5-6H,7-8H2,1-4H3. The van der Waals surface area contributed by atoms with Gasteiger partial charge in [-0.15, -0.1) is 0 Å². The van der Waals surface area contributed by atoms with E-state index in [1.165, 1.54) is 0 Å². The fourth-order valence-corrected chi connectivity index (χ4v) is 6.72. The Hall–Kier alpha value is -0.540. The summed E-state index contributed by atoms with van der Waals surface area (Å²) in [7, 11) is -16.1. The molecule has 0 heterocycles. The van der Waals surface area contributed by atoms with E-state index in [0.717, 1.165) is 12.2 Å². The maximum Gasteiger partial charge on any atom is 0.224 e. The van der Waals surface area contributed by atoms with Gasteiger partial charge in [-0.1, -0.05) is 19.6 Å². The summed E-state index contributed by atoms with van der Waals surface area (Å²) in [5.41, 5.74) is 0. The van der Waals surface area contributed by atoms with Crippen LogP contribution in [-0.2, 0) is 40.1 Å². The first-order chi connectivity index (χ1) is 9.47. The zero-order chi connectivity index (χ0) is 18.0. The van der Waals surface area contributed by atoms with Crippen LogP contribution in [-0.4, -0.2) is 79.2 Å². The molecule has 10 nitrogen and oxygen atoms in total. The number of rotatable bonds is 8. The Morgan fingerprint density at radius 2 is 0.727 bits per heavy atom. The first-order valence-corrected chi connectivity index (χ1v) is 12.9. The van der Waals surface area contributed by atoms with Crippen LogP contribution in [0.5, 0.6) is 0 Å². The van der Waals surface area contributed by atoms with Crippen molar-refractivity contribution in [1.82, 2.24) is 7.42 Å². The first-order valence-electron chi connectivity index (χ1n) is 5.48. The number of hydrogen-bond donors (Lipinski definition) is 0. The molecule has 14 heteroatoms. The van der Waals surface area contributed by atoms with Crippen molar-refractivity contribution in [2.75, 3.05) is 38.1 Å².